The van der Waals surface area contributed by atoms with E-state index in [-0.39, 0.29) is 114 Å². The zero-order valence-corrected chi connectivity index (χ0v) is 34.8. The summed E-state index contributed by atoms with van der Waals surface area (Å²) in [4.78, 5) is 70.2. The van der Waals surface area contributed by atoms with Crippen molar-refractivity contribution in [3.8, 4) is 0 Å². The minimum atomic E-state index is -6.12. The molecule has 13 nitrogen and oxygen atoms in total. The number of nitrogens with zero attached hydrogens (tertiary/aromatic N) is 1. The SMILES string of the molecule is CC(C)(C)OC(=O)N[C@@H](Cc1cccc(N(CCCl)CCCl)c1)C(=O)NCCCCC(O)(P(=O)([O-])[O-])P(=O)([O-])O.[Na+].[Na+].[Na+]. The van der Waals surface area contributed by atoms with E-state index in [1.165, 1.54) is 0 Å². The standard InChI is InChI=1S/C23H39Cl2N3O10P2.3Na/c1-22(2,3)38-21(30)27-19(16-17-7-6-8-18(15-17)28(13-10-24)14-11-25)20(29)26-12-5-4-9-23(31,39(32,33)34)40(35,36)37;;;/h6-8,15,19,31H,4-5,9-14,16H2,1-3H3,(H,26,29)(H,27,30)(H2,32,33,34)(H2,35,36,37);;;/q;3*+1/p-3/t19-;;;/m0.../s1. The number of aliphatic hydroxyl groups is 1. The van der Waals surface area contributed by atoms with Gasteiger partial charge in [0.05, 0.1) is 0 Å². The number of unbranched alkanes of at least 4 members (excludes halogenated alkanes) is 1. The second-order valence-electron chi connectivity index (χ2n) is 9.98. The van der Waals surface area contributed by atoms with Crippen molar-refractivity contribution in [2.24, 2.45) is 0 Å². The molecule has 0 saturated heterocycles. The Morgan fingerprint density at radius 2 is 1.60 bits per heavy atom. The van der Waals surface area contributed by atoms with Gasteiger partial charge in [0.15, 0.2) is 12.7 Å². The Bertz CT molecular complexity index is 1060. The van der Waals surface area contributed by atoms with Gasteiger partial charge in [-0.25, -0.2) is 4.79 Å². The smallest absolute Gasteiger partial charge is 0.808 e. The Kier molecular flexibility index (Phi) is 25.4. The van der Waals surface area contributed by atoms with E-state index in [1.807, 2.05) is 17.0 Å². The number of benzene rings is 1. The van der Waals surface area contributed by atoms with Crippen molar-refractivity contribution in [1.82, 2.24) is 10.6 Å². The summed E-state index contributed by atoms with van der Waals surface area (Å²) in [5.41, 5.74) is 0.682. The number of nitrogens with one attached hydrogen (secondary N) is 2. The first-order chi connectivity index (χ1) is 18.3. The second kappa shape index (κ2) is 22.3. The number of alkyl halides is 2. The average Bonchev–Trinajstić information content (AvgIpc) is 2.80. The van der Waals surface area contributed by atoms with Crippen LogP contribution >= 0.6 is 38.4 Å². The fraction of sp³-hybridized carbons (Fsp3) is 0.652. The Morgan fingerprint density at radius 3 is 2.07 bits per heavy atom. The number of hydrogen-bond acceptors (Lipinski definition) is 10. The number of carbonyl (C=O) groups is 2. The number of halogens is 2. The fourth-order valence-electron chi connectivity index (χ4n) is 3.60. The van der Waals surface area contributed by atoms with Crippen LogP contribution in [-0.2, 0) is 25.1 Å². The molecule has 0 fully saturated rings. The molecule has 0 saturated carbocycles. The Balaban J connectivity index is -0.00000533. The van der Waals surface area contributed by atoms with Crippen molar-refractivity contribution in [3.05, 3.63) is 29.8 Å². The van der Waals surface area contributed by atoms with E-state index in [0.717, 1.165) is 5.69 Å². The van der Waals surface area contributed by atoms with Crippen LogP contribution in [0.2, 0.25) is 0 Å². The first-order valence-corrected chi connectivity index (χ1v) is 16.5. The molecular formula is C23H36Cl2N3Na3O10P2. The van der Waals surface area contributed by atoms with Crippen molar-refractivity contribution in [1.29, 1.82) is 0 Å². The Labute approximate surface area is 329 Å². The number of amides is 2. The summed E-state index contributed by atoms with van der Waals surface area (Å²) < 4.78 is 27.8. The number of alkyl carbamates (subject to hydrolysis) is 1. The molecule has 230 valence electrons. The van der Waals surface area contributed by atoms with Crippen LogP contribution in [-0.4, -0.2) is 70.1 Å². The summed E-state index contributed by atoms with van der Waals surface area (Å²) >= 11 is 11.8. The predicted octanol–water partition coefficient (Wildman–Crippen LogP) is -8.19. The molecule has 43 heavy (non-hydrogen) atoms. The van der Waals surface area contributed by atoms with E-state index >= 15 is 0 Å². The van der Waals surface area contributed by atoms with Gasteiger partial charge in [0.25, 0.3) is 0 Å². The van der Waals surface area contributed by atoms with Crippen LogP contribution in [0.5, 0.6) is 0 Å². The Morgan fingerprint density at radius 1 is 1.05 bits per heavy atom. The molecule has 0 aliphatic rings. The summed E-state index contributed by atoms with van der Waals surface area (Å²) in [6.07, 6.45) is -2.27. The van der Waals surface area contributed by atoms with Gasteiger partial charge in [0.1, 0.15) is 11.6 Å². The molecule has 0 aliphatic heterocycles. The normalized spacial score (nSPS) is 14.7. The summed E-state index contributed by atoms with van der Waals surface area (Å²) in [7, 11) is -12.1. The topological polar surface area (TPSA) is 214 Å². The number of ether oxygens (including phenoxy) is 1. The van der Waals surface area contributed by atoms with Crippen LogP contribution in [0.1, 0.15) is 45.6 Å². The van der Waals surface area contributed by atoms with E-state index in [1.54, 1.807) is 32.9 Å². The van der Waals surface area contributed by atoms with Gasteiger partial charge in [0, 0.05) is 43.5 Å². The minimum absolute atomic E-state index is 0. The van der Waals surface area contributed by atoms with Crippen LogP contribution in [0.4, 0.5) is 10.5 Å². The molecule has 0 radical (unpaired) electrons. The maximum atomic E-state index is 13.0. The van der Waals surface area contributed by atoms with Gasteiger partial charge >= 0.3 is 94.8 Å². The van der Waals surface area contributed by atoms with Crippen LogP contribution in [0.3, 0.4) is 0 Å². The van der Waals surface area contributed by atoms with Crippen LogP contribution in [0, 0.1) is 0 Å². The van der Waals surface area contributed by atoms with Crippen molar-refractivity contribution in [2.45, 2.75) is 63.2 Å². The third-order valence-electron chi connectivity index (χ3n) is 5.56. The molecule has 2 amide bonds. The molecule has 3 atom stereocenters. The maximum Gasteiger partial charge on any atom is 1.00 e. The molecule has 1 rings (SSSR count). The van der Waals surface area contributed by atoms with Gasteiger partial charge in [-0.05, 0) is 65.3 Å². The average molecular weight is 716 g/mol. The van der Waals surface area contributed by atoms with E-state index in [0.29, 0.717) is 30.4 Å². The van der Waals surface area contributed by atoms with E-state index < -0.39 is 50.3 Å². The van der Waals surface area contributed by atoms with Crippen LogP contribution in [0.15, 0.2) is 24.3 Å². The summed E-state index contributed by atoms with van der Waals surface area (Å²) in [5.74, 6) is 0.116. The van der Waals surface area contributed by atoms with Gasteiger partial charge in [-0.3, -0.25) is 4.79 Å². The van der Waals surface area contributed by atoms with E-state index in [9.17, 15) is 38.5 Å². The summed E-state index contributed by atoms with van der Waals surface area (Å²) in [5, 5.41) is 11.0. The first-order valence-electron chi connectivity index (χ1n) is 12.4. The molecule has 2 unspecified atom stereocenters. The number of anilines is 1. The van der Waals surface area contributed by atoms with Crippen molar-refractivity contribution < 1.29 is 137 Å². The molecule has 4 N–H and O–H groups in total. The first kappa shape index (κ1) is 49.0. The second-order valence-corrected chi connectivity index (χ2v) is 14.6. The molecule has 0 bridgehead atoms. The fourth-order valence-corrected chi connectivity index (χ4v) is 6.12. The molecule has 1 aromatic rings. The maximum absolute atomic E-state index is 13.0. The molecule has 0 aromatic heterocycles. The zero-order valence-electron chi connectivity index (χ0n) is 25.5. The van der Waals surface area contributed by atoms with Crippen molar-refractivity contribution in [2.75, 3.05) is 36.3 Å². The van der Waals surface area contributed by atoms with Crippen LogP contribution in [0.25, 0.3) is 0 Å². The summed E-state index contributed by atoms with van der Waals surface area (Å²) in [6, 6.07) is 6.14. The minimum Gasteiger partial charge on any atom is -0.808 e. The van der Waals surface area contributed by atoms with Gasteiger partial charge in [0.2, 0.25) is 5.91 Å². The van der Waals surface area contributed by atoms with Crippen molar-refractivity contribution >= 4 is 56.1 Å². The molecule has 0 aliphatic carbocycles. The summed E-state index contributed by atoms with van der Waals surface area (Å²) in [6.45, 7) is 5.93. The number of hydrogen-bond donors (Lipinski definition) is 4. The third kappa shape index (κ3) is 17.5. The molecular weight excluding hydrogens is 680 g/mol. The largest absolute Gasteiger partial charge is 1.00 e. The predicted molar refractivity (Wildman–Crippen MR) is 146 cm³/mol. The van der Waals surface area contributed by atoms with Gasteiger partial charge < -0.3 is 54.1 Å². The van der Waals surface area contributed by atoms with Gasteiger partial charge in [-0.1, -0.05) is 12.1 Å². The Hall–Kier alpha value is 1.60. The quantitative estimate of drug-likeness (QED) is 0.0546. The van der Waals surface area contributed by atoms with Gasteiger partial charge in [-0.15, -0.1) is 23.2 Å². The molecule has 1 aromatic carbocycles. The number of rotatable bonds is 16. The van der Waals surface area contributed by atoms with E-state index in [4.69, 9.17) is 32.8 Å². The van der Waals surface area contributed by atoms with Crippen LogP contribution < -0.4 is 119 Å². The van der Waals surface area contributed by atoms with Gasteiger partial charge in [-0.2, -0.15) is 0 Å². The monoisotopic (exact) mass is 715 g/mol. The number of carbonyl (C=O) groups excluding carboxylic acids is 2. The molecule has 20 heteroatoms. The van der Waals surface area contributed by atoms with Crippen molar-refractivity contribution in [3.63, 3.8) is 0 Å². The third-order valence-corrected chi connectivity index (χ3v) is 9.62. The molecule has 0 heterocycles. The van der Waals surface area contributed by atoms with E-state index in [2.05, 4.69) is 10.6 Å². The zero-order chi connectivity index (χ0) is 30.8. The molecule has 0 spiro atoms.